The fraction of sp³-hybridized carbons (Fsp3) is 0.300. The molecular formula is C20H20BrClN2O4. The quantitative estimate of drug-likeness (QED) is 0.688. The van der Waals surface area contributed by atoms with Gasteiger partial charge in [-0.2, -0.15) is 0 Å². The van der Waals surface area contributed by atoms with Crippen molar-refractivity contribution >= 4 is 39.3 Å². The van der Waals surface area contributed by atoms with Gasteiger partial charge in [-0.05, 0) is 30.3 Å². The standard InChI is InChI=1S/C20H20BrClN2O4/c1-27-14-4-5-15(18(12-14)28-2)19(25)23-7-9-24(10-8-23)20(26)16-11-13(21)3-6-17(16)22/h3-6,11-12H,7-10H2,1-2H3. The summed E-state index contributed by atoms with van der Waals surface area (Å²) in [6.45, 7) is 1.74. The maximum absolute atomic E-state index is 12.9. The molecule has 0 aliphatic carbocycles. The Labute approximate surface area is 177 Å². The van der Waals surface area contributed by atoms with Gasteiger partial charge in [0.2, 0.25) is 0 Å². The van der Waals surface area contributed by atoms with E-state index < -0.39 is 0 Å². The lowest BCUT2D eigenvalue weighted by Gasteiger charge is -2.35. The molecule has 8 heteroatoms. The highest BCUT2D eigenvalue weighted by molar-refractivity contribution is 9.10. The Morgan fingerprint density at radius 2 is 1.50 bits per heavy atom. The number of methoxy groups -OCH3 is 2. The normalized spacial score (nSPS) is 14.0. The van der Waals surface area contributed by atoms with Crippen LogP contribution in [-0.4, -0.2) is 62.0 Å². The van der Waals surface area contributed by atoms with Gasteiger partial charge < -0.3 is 19.3 Å². The van der Waals surface area contributed by atoms with Gasteiger partial charge in [-0.3, -0.25) is 9.59 Å². The van der Waals surface area contributed by atoms with Crippen molar-refractivity contribution in [2.45, 2.75) is 0 Å². The molecule has 0 unspecified atom stereocenters. The first-order valence-corrected chi connectivity index (χ1v) is 9.87. The highest BCUT2D eigenvalue weighted by Crippen LogP contribution is 2.27. The Kier molecular flexibility index (Phi) is 6.46. The lowest BCUT2D eigenvalue weighted by atomic mass is 10.1. The number of piperazine rings is 1. The van der Waals surface area contributed by atoms with Crippen LogP contribution < -0.4 is 9.47 Å². The number of carbonyl (C=O) groups excluding carboxylic acids is 2. The van der Waals surface area contributed by atoms with E-state index in [1.807, 2.05) is 0 Å². The lowest BCUT2D eigenvalue weighted by molar-refractivity contribution is 0.0533. The van der Waals surface area contributed by atoms with Gasteiger partial charge in [0.1, 0.15) is 11.5 Å². The van der Waals surface area contributed by atoms with Crippen molar-refractivity contribution in [3.05, 3.63) is 57.0 Å². The number of ether oxygens (including phenoxy) is 2. The lowest BCUT2D eigenvalue weighted by Crippen LogP contribution is -2.50. The summed E-state index contributed by atoms with van der Waals surface area (Å²) in [5.74, 6) is 0.811. The van der Waals surface area contributed by atoms with Crippen LogP contribution in [-0.2, 0) is 0 Å². The Hall–Kier alpha value is -2.25. The predicted octanol–water partition coefficient (Wildman–Crippen LogP) is 3.72. The Morgan fingerprint density at radius 1 is 0.893 bits per heavy atom. The van der Waals surface area contributed by atoms with Crippen LogP contribution >= 0.6 is 27.5 Å². The summed E-state index contributed by atoms with van der Waals surface area (Å²) in [5.41, 5.74) is 0.922. The van der Waals surface area contributed by atoms with E-state index in [2.05, 4.69) is 15.9 Å². The van der Waals surface area contributed by atoms with Gasteiger partial charge in [-0.15, -0.1) is 0 Å². The average Bonchev–Trinajstić information content (AvgIpc) is 2.74. The zero-order valence-corrected chi connectivity index (χ0v) is 17.9. The Morgan fingerprint density at radius 3 is 2.07 bits per heavy atom. The van der Waals surface area contributed by atoms with Crippen molar-refractivity contribution in [1.29, 1.82) is 0 Å². The zero-order valence-electron chi connectivity index (χ0n) is 15.6. The van der Waals surface area contributed by atoms with Crippen LogP contribution in [0.3, 0.4) is 0 Å². The van der Waals surface area contributed by atoms with Crippen molar-refractivity contribution in [3.8, 4) is 11.5 Å². The molecule has 1 heterocycles. The number of carbonyl (C=O) groups is 2. The number of rotatable bonds is 4. The van der Waals surface area contributed by atoms with Crippen LogP contribution in [0.2, 0.25) is 5.02 Å². The van der Waals surface area contributed by atoms with Crippen LogP contribution in [0.5, 0.6) is 11.5 Å². The second-order valence-electron chi connectivity index (χ2n) is 6.27. The summed E-state index contributed by atoms with van der Waals surface area (Å²) in [6.07, 6.45) is 0. The van der Waals surface area contributed by atoms with Crippen LogP contribution in [0.15, 0.2) is 40.9 Å². The first-order chi connectivity index (χ1) is 13.4. The maximum Gasteiger partial charge on any atom is 0.257 e. The molecule has 0 radical (unpaired) electrons. The zero-order chi connectivity index (χ0) is 20.3. The number of amides is 2. The predicted molar refractivity (Wildman–Crippen MR) is 111 cm³/mol. The maximum atomic E-state index is 12.9. The van der Waals surface area contributed by atoms with Gasteiger partial charge in [-0.25, -0.2) is 0 Å². The summed E-state index contributed by atoms with van der Waals surface area (Å²) in [7, 11) is 3.08. The molecule has 0 atom stereocenters. The average molecular weight is 468 g/mol. The van der Waals surface area contributed by atoms with Crippen LogP contribution in [0.25, 0.3) is 0 Å². The van der Waals surface area contributed by atoms with E-state index in [0.29, 0.717) is 53.8 Å². The summed E-state index contributed by atoms with van der Waals surface area (Å²) in [6, 6.07) is 10.3. The third kappa shape index (κ3) is 4.25. The molecule has 1 saturated heterocycles. The number of hydrogen-bond donors (Lipinski definition) is 0. The van der Waals surface area contributed by atoms with Gasteiger partial charge in [0, 0.05) is 36.7 Å². The number of nitrogens with zero attached hydrogens (tertiary/aromatic N) is 2. The van der Waals surface area contributed by atoms with E-state index >= 15 is 0 Å². The molecule has 0 N–H and O–H groups in total. The fourth-order valence-electron chi connectivity index (χ4n) is 3.09. The molecule has 1 aliphatic heterocycles. The molecule has 3 rings (SSSR count). The summed E-state index contributed by atoms with van der Waals surface area (Å²) in [5, 5.41) is 0.412. The van der Waals surface area contributed by atoms with E-state index in [9.17, 15) is 9.59 Å². The van der Waals surface area contributed by atoms with Crippen molar-refractivity contribution in [2.75, 3.05) is 40.4 Å². The highest BCUT2D eigenvalue weighted by Gasteiger charge is 2.28. The van der Waals surface area contributed by atoms with Crippen molar-refractivity contribution in [2.24, 2.45) is 0 Å². The Bertz CT molecular complexity index is 898. The van der Waals surface area contributed by atoms with Crippen LogP contribution in [0, 0.1) is 0 Å². The molecule has 0 aromatic heterocycles. The van der Waals surface area contributed by atoms with Gasteiger partial charge >= 0.3 is 0 Å². The van der Waals surface area contributed by atoms with Crippen molar-refractivity contribution < 1.29 is 19.1 Å². The molecule has 148 valence electrons. The smallest absolute Gasteiger partial charge is 0.257 e. The Balaban J connectivity index is 1.69. The second-order valence-corrected chi connectivity index (χ2v) is 7.60. The van der Waals surface area contributed by atoms with Gasteiger partial charge in [0.25, 0.3) is 11.8 Å². The molecule has 1 aliphatic rings. The summed E-state index contributed by atoms with van der Waals surface area (Å²) >= 11 is 9.53. The van der Waals surface area contributed by atoms with E-state index in [4.69, 9.17) is 21.1 Å². The molecule has 2 aromatic carbocycles. The van der Waals surface area contributed by atoms with Crippen molar-refractivity contribution in [1.82, 2.24) is 9.80 Å². The summed E-state index contributed by atoms with van der Waals surface area (Å²) in [4.78, 5) is 29.1. The first-order valence-electron chi connectivity index (χ1n) is 8.70. The molecule has 0 bridgehead atoms. The fourth-order valence-corrected chi connectivity index (χ4v) is 3.65. The molecule has 1 fully saturated rings. The topological polar surface area (TPSA) is 59.1 Å². The van der Waals surface area contributed by atoms with Crippen LogP contribution in [0.1, 0.15) is 20.7 Å². The number of hydrogen-bond acceptors (Lipinski definition) is 4. The first kappa shape index (κ1) is 20.5. The minimum Gasteiger partial charge on any atom is -0.497 e. The van der Waals surface area contributed by atoms with Crippen molar-refractivity contribution in [3.63, 3.8) is 0 Å². The van der Waals surface area contributed by atoms with E-state index in [-0.39, 0.29) is 11.8 Å². The van der Waals surface area contributed by atoms with Crippen LogP contribution in [0.4, 0.5) is 0 Å². The number of benzene rings is 2. The van der Waals surface area contributed by atoms with E-state index in [1.165, 1.54) is 7.11 Å². The molecule has 0 spiro atoms. The minimum absolute atomic E-state index is 0.132. The van der Waals surface area contributed by atoms with Gasteiger partial charge in [0.15, 0.2) is 0 Å². The molecule has 0 saturated carbocycles. The van der Waals surface area contributed by atoms with E-state index in [0.717, 1.165) is 4.47 Å². The monoisotopic (exact) mass is 466 g/mol. The largest absolute Gasteiger partial charge is 0.497 e. The minimum atomic E-state index is -0.138. The molecule has 2 aromatic rings. The molecular weight excluding hydrogens is 448 g/mol. The number of halogens is 2. The highest BCUT2D eigenvalue weighted by atomic mass is 79.9. The van der Waals surface area contributed by atoms with E-state index in [1.54, 1.807) is 53.3 Å². The third-order valence-corrected chi connectivity index (χ3v) is 5.47. The van der Waals surface area contributed by atoms with Gasteiger partial charge in [-0.1, -0.05) is 27.5 Å². The molecule has 6 nitrogen and oxygen atoms in total. The summed E-state index contributed by atoms with van der Waals surface area (Å²) < 4.78 is 11.3. The molecule has 2 amide bonds. The molecule has 28 heavy (non-hydrogen) atoms. The SMILES string of the molecule is COc1ccc(C(=O)N2CCN(C(=O)c3cc(Br)ccc3Cl)CC2)c(OC)c1. The van der Waals surface area contributed by atoms with Gasteiger partial charge in [0.05, 0.1) is 30.4 Å². The second kappa shape index (κ2) is 8.84. The third-order valence-electron chi connectivity index (χ3n) is 4.65.